The average Bonchev–Trinajstić information content (AvgIpc) is 3.33. The van der Waals surface area contributed by atoms with Gasteiger partial charge in [0.25, 0.3) is 0 Å². The van der Waals surface area contributed by atoms with E-state index in [1.807, 2.05) is 13.8 Å². The quantitative estimate of drug-likeness (QED) is 0.464. The van der Waals surface area contributed by atoms with Gasteiger partial charge in [-0.25, -0.2) is 5.43 Å². The Morgan fingerprint density at radius 1 is 1.33 bits per heavy atom. The smallest absolute Gasteiger partial charge is 0.329 e. The molecule has 0 aromatic heterocycles. The van der Waals surface area contributed by atoms with Crippen LogP contribution >= 0.6 is 11.6 Å². The number of methoxy groups -OCH3 is 1. The fourth-order valence-electron chi connectivity index (χ4n) is 1.86. The van der Waals surface area contributed by atoms with Crippen LogP contribution in [-0.2, 0) is 9.59 Å². The number of nitrogens with one attached hydrogen (secondary N) is 2. The molecular formula is C16H20ClN3O4. The largest absolute Gasteiger partial charge is 0.493 e. The Hall–Kier alpha value is -2.28. The summed E-state index contributed by atoms with van der Waals surface area (Å²) < 4.78 is 10.9. The van der Waals surface area contributed by atoms with E-state index < -0.39 is 11.8 Å². The van der Waals surface area contributed by atoms with Gasteiger partial charge in [-0.15, -0.1) is 0 Å². The maximum Gasteiger partial charge on any atom is 0.329 e. The first kappa shape index (κ1) is 18.1. The van der Waals surface area contributed by atoms with Crippen LogP contribution in [0.1, 0.15) is 32.3 Å². The summed E-state index contributed by atoms with van der Waals surface area (Å²) in [5.74, 6) is -0.600. The van der Waals surface area contributed by atoms with E-state index in [9.17, 15) is 9.59 Å². The van der Waals surface area contributed by atoms with Crippen LogP contribution in [0.2, 0.25) is 5.02 Å². The third kappa shape index (κ3) is 5.13. The molecule has 0 atom stereocenters. The van der Waals surface area contributed by atoms with Crippen molar-refractivity contribution in [2.75, 3.05) is 7.11 Å². The molecule has 1 aliphatic rings. The van der Waals surface area contributed by atoms with Gasteiger partial charge in [-0.3, -0.25) is 9.59 Å². The number of hydrogen-bond acceptors (Lipinski definition) is 5. The number of hydrazone groups is 1. The van der Waals surface area contributed by atoms with Crippen molar-refractivity contribution in [3.63, 3.8) is 0 Å². The van der Waals surface area contributed by atoms with Crippen LogP contribution < -0.4 is 20.2 Å². The highest BCUT2D eigenvalue weighted by Gasteiger charge is 2.26. The third-order valence-electron chi connectivity index (χ3n) is 3.10. The van der Waals surface area contributed by atoms with Crippen molar-refractivity contribution in [3.05, 3.63) is 22.7 Å². The van der Waals surface area contributed by atoms with Crippen LogP contribution in [0.3, 0.4) is 0 Å². The molecule has 2 N–H and O–H groups in total. The van der Waals surface area contributed by atoms with Gasteiger partial charge in [0, 0.05) is 6.04 Å². The molecule has 0 heterocycles. The molecule has 2 rings (SSSR count). The summed E-state index contributed by atoms with van der Waals surface area (Å²) >= 11 is 6.20. The van der Waals surface area contributed by atoms with Crippen molar-refractivity contribution >= 4 is 29.6 Å². The molecule has 2 amide bonds. The van der Waals surface area contributed by atoms with Crippen LogP contribution in [0.15, 0.2) is 17.2 Å². The standard InChI is InChI=1S/C16H20ClN3O4/c1-9(2)24-14-12(17)6-10(7-13(14)23-3)8-18-20-16(22)15(21)19-11-4-5-11/h6-9,11H,4-5H2,1-3H3,(H,19,21)(H,20,22)/b18-8-. The molecule has 0 bridgehead atoms. The van der Waals surface area contributed by atoms with E-state index in [4.69, 9.17) is 21.1 Å². The van der Waals surface area contributed by atoms with Gasteiger partial charge in [0.1, 0.15) is 0 Å². The van der Waals surface area contributed by atoms with E-state index in [0.29, 0.717) is 22.1 Å². The first-order chi connectivity index (χ1) is 11.4. The lowest BCUT2D eigenvalue weighted by Gasteiger charge is -2.15. The van der Waals surface area contributed by atoms with Gasteiger partial charge in [0.15, 0.2) is 11.5 Å². The van der Waals surface area contributed by atoms with Gasteiger partial charge in [0.05, 0.1) is 24.5 Å². The summed E-state index contributed by atoms with van der Waals surface area (Å²) in [5.41, 5.74) is 2.76. The molecule has 1 aromatic rings. The van der Waals surface area contributed by atoms with Crippen LogP contribution in [0, 0.1) is 0 Å². The van der Waals surface area contributed by atoms with Crippen molar-refractivity contribution in [1.82, 2.24) is 10.7 Å². The Bertz CT molecular complexity index is 657. The van der Waals surface area contributed by atoms with Crippen molar-refractivity contribution in [2.24, 2.45) is 5.10 Å². The second-order valence-electron chi connectivity index (χ2n) is 5.65. The minimum atomic E-state index is -0.809. The number of rotatable bonds is 6. The summed E-state index contributed by atoms with van der Waals surface area (Å²) in [6.45, 7) is 3.76. The highest BCUT2D eigenvalue weighted by molar-refractivity contribution is 6.35. The topological polar surface area (TPSA) is 89.0 Å². The summed E-state index contributed by atoms with van der Waals surface area (Å²) in [6, 6.07) is 3.41. The minimum Gasteiger partial charge on any atom is -0.493 e. The van der Waals surface area contributed by atoms with Gasteiger partial charge in [-0.1, -0.05) is 11.6 Å². The SMILES string of the molecule is COc1cc(/C=N\NC(=O)C(=O)NC2CC2)cc(Cl)c1OC(C)C. The van der Waals surface area contributed by atoms with Crippen molar-refractivity contribution in [2.45, 2.75) is 38.8 Å². The molecule has 1 fully saturated rings. The lowest BCUT2D eigenvalue weighted by molar-refractivity contribution is -0.139. The third-order valence-corrected chi connectivity index (χ3v) is 3.38. The number of hydrogen-bond donors (Lipinski definition) is 2. The van der Waals surface area contributed by atoms with E-state index in [1.165, 1.54) is 13.3 Å². The zero-order valence-corrected chi connectivity index (χ0v) is 14.5. The number of benzene rings is 1. The van der Waals surface area contributed by atoms with Gasteiger partial charge in [-0.2, -0.15) is 5.10 Å². The maximum absolute atomic E-state index is 11.6. The van der Waals surface area contributed by atoms with E-state index >= 15 is 0 Å². The van der Waals surface area contributed by atoms with Crippen molar-refractivity contribution in [3.8, 4) is 11.5 Å². The molecule has 0 saturated heterocycles. The molecule has 130 valence electrons. The van der Waals surface area contributed by atoms with E-state index in [1.54, 1.807) is 12.1 Å². The van der Waals surface area contributed by atoms with E-state index in [0.717, 1.165) is 12.8 Å². The number of amides is 2. The molecule has 1 aliphatic carbocycles. The molecule has 1 saturated carbocycles. The van der Waals surface area contributed by atoms with Gasteiger partial charge in [0.2, 0.25) is 0 Å². The fourth-order valence-corrected chi connectivity index (χ4v) is 2.12. The molecule has 1 aromatic carbocycles. The predicted octanol–water partition coefficient (Wildman–Crippen LogP) is 1.86. The molecular weight excluding hydrogens is 334 g/mol. The highest BCUT2D eigenvalue weighted by Crippen LogP contribution is 2.36. The average molecular weight is 354 g/mol. The zero-order chi connectivity index (χ0) is 17.7. The Labute approximate surface area is 145 Å². The molecule has 8 heteroatoms. The summed E-state index contributed by atoms with van der Waals surface area (Å²) in [4.78, 5) is 23.0. The highest BCUT2D eigenvalue weighted by atomic mass is 35.5. The number of carbonyl (C=O) groups is 2. The molecule has 7 nitrogen and oxygen atoms in total. The minimum absolute atomic E-state index is 0.0554. The van der Waals surface area contributed by atoms with Gasteiger partial charge >= 0.3 is 11.8 Å². The number of nitrogens with zero attached hydrogens (tertiary/aromatic N) is 1. The Morgan fingerprint density at radius 3 is 2.62 bits per heavy atom. The van der Waals surface area contributed by atoms with E-state index in [2.05, 4.69) is 15.8 Å². The van der Waals surface area contributed by atoms with Crippen LogP contribution in [0.25, 0.3) is 0 Å². The number of carbonyl (C=O) groups excluding carboxylic acids is 2. The number of ether oxygens (including phenoxy) is 2. The summed E-state index contributed by atoms with van der Waals surface area (Å²) in [7, 11) is 1.50. The van der Waals surface area contributed by atoms with Crippen LogP contribution in [0.4, 0.5) is 0 Å². The molecule has 0 spiro atoms. The first-order valence-corrected chi connectivity index (χ1v) is 7.96. The monoisotopic (exact) mass is 353 g/mol. The Kier molecular flexibility index (Phi) is 6.03. The fraction of sp³-hybridized carbons (Fsp3) is 0.438. The maximum atomic E-state index is 11.6. The molecule has 0 radical (unpaired) electrons. The second-order valence-corrected chi connectivity index (χ2v) is 6.05. The lowest BCUT2D eigenvalue weighted by Crippen LogP contribution is -2.38. The summed E-state index contributed by atoms with van der Waals surface area (Å²) in [5, 5.41) is 6.69. The van der Waals surface area contributed by atoms with Gasteiger partial charge < -0.3 is 14.8 Å². The molecule has 0 aliphatic heterocycles. The van der Waals surface area contributed by atoms with Crippen molar-refractivity contribution in [1.29, 1.82) is 0 Å². The zero-order valence-electron chi connectivity index (χ0n) is 13.8. The summed E-state index contributed by atoms with van der Waals surface area (Å²) in [6.07, 6.45) is 3.13. The van der Waals surface area contributed by atoms with Gasteiger partial charge in [-0.05, 0) is 44.4 Å². The number of halogens is 1. The molecule has 0 unspecified atom stereocenters. The van der Waals surface area contributed by atoms with Crippen molar-refractivity contribution < 1.29 is 19.1 Å². The normalized spacial score (nSPS) is 13.9. The first-order valence-electron chi connectivity index (χ1n) is 7.58. The Balaban J connectivity index is 2.01. The van der Waals surface area contributed by atoms with Crippen LogP contribution in [-0.4, -0.2) is 37.3 Å². The lowest BCUT2D eigenvalue weighted by atomic mass is 10.2. The second kappa shape index (κ2) is 8.01. The molecule has 24 heavy (non-hydrogen) atoms. The van der Waals surface area contributed by atoms with E-state index in [-0.39, 0.29) is 12.1 Å². The predicted molar refractivity (Wildman–Crippen MR) is 90.7 cm³/mol. The van der Waals surface area contributed by atoms with Crippen LogP contribution in [0.5, 0.6) is 11.5 Å². The Morgan fingerprint density at radius 2 is 2.04 bits per heavy atom.